The van der Waals surface area contributed by atoms with Gasteiger partial charge in [0.1, 0.15) is 0 Å². The number of rotatable bonds is 1. The van der Waals surface area contributed by atoms with Crippen LogP contribution in [0.25, 0.3) is 0 Å². The molecule has 0 N–H and O–H groups in total. The highest BCUT2D eigenvalue weighted by Crippen LogP contribution is 2.27. The smallest absolute Gasteiger partial charge is 0.228 e. The van der Waals surface area contributed by atoms with Crippen LogP contribution < -0.4 is 4.74 Å². The van der Waals surface area contributed by atoms with E-state index in [4.69, 9.17) is 27.9 Å². The molecule has 0 saturated heterocycles. The van der Waals surface area contributed by atoms with E-state index in [-0.39, 0.29) is 5.15 Å². The lowest BCUT2D eigenvalue weighted by Gasteiger charge is -2.02. The van der Waals surface area contributed by atoms with Crippen molar-refractivity contribution in [2.24, 2.45) is 0 Å². The van der Waals surface area contributed by atoms with Gasteiger partial charge in [-0.05, 0) is 28.7 Å². The van der Waals surface area contributed by atoms with Gasteiger partial charge in [0.25, 0.3) is 0 Å². The second-order valence-corrected chi connectivity index (χ2v) is 3.68. The molecular weight excluding hydrogens is 300 g/mol. The Morgan fingerprint density at radius 2 is 2.18 bits per heavy atom. The first-order valence-corrected chi connectivity index (χ1v) is 4.54. The molecule has 0 saturated carbocycles. The van der Waals surface area contributed by atoms with Gasteiger partial charge in [-0.1, -0.05) is 23.2 Å². The van der Waals surface area contributed by atoms with Crippen molar-refractivity contribution in [3.05, 3.63) is 19.8 Å². The monoisotopic (exact) mass is 303 g/mol. The molecule has 60 valence electrons. The van der Waals surface area contributed by atoms with E-state index in [1.165, 1.54) is 7.11 Å². The van der Waals surface area contributed by atoms with E-state index in [1.54, 1.807) is 6.07 Å². The maximum atomic E-state index is 5.69. The molecule has 1 rings (SSSR count). The molecular formula is C6H4Cl2INO. The van der Waals surface area contributed by atoms with Crippen molar-refractivity contribution < 1.29 is 4.74 Å². The lowest BCUT2D eigenvalue weighted by atomic mass is 10.5. The lowest BCUT2D eigenvalue weighted by molar-refractivity contribution is 0.395. The van der Waals surface area contributed by atoms with Crippen molar-refractivity contribution in [3.8, 4) is 5.88 Å². The van der Waals surface area contributed by atoms with Gasteiger partial charge in [-0.3, -0.25) is 0 Å². The maximum absolute atomic E-state index is 5.69. The van der Waals surface area contributed by atoms with Gasteiger partial charge in [0.15, 0.2) is 5.15 Å². The third-order valence-corrected chi connectivity index (χ3v) is 2.49. The first-order chi connectivity index (χ1) is 5.15. The van der Waals surface area contributed by atoms with Crippen LogP contribution in [0, 0.1) is 3.57 Å². The summed E-state index contributed by atoms with van der Waals surface area (Å²) in [5, 5.41) is 0.709. The van der Waals surface area contributed by atoms with Gasteiger partial charge in [-0.25, -0.2) is 0 Å². The van der Waals surface area contributed by atoms with Crippen molar-refractivity contribution in [3.63, 3.8) is 0 Å². The fourth-order valence-corrected chi connectivity index (χ4v) is 1.69. The van der Waals surface area contributed by atoms with Crippen molar-refractivity contribution in [1.29, 1.82) is 0 Å². The van der Waals surface area contributed by atoms with E-state index < -0.39 is 0 Å². The standard InChI is InChI=1S/C6H4Cl2INO/c1-11-6-4(9)2-3(7)5(8)10-6/h2H,1H3. The van der Waals surface area contributed by atoms with E-state index in [1.807, 2.05) is 0 Å². The minimum Gasteiger partial charge on any atom is -0.480 e. The average Bonchev–Trinajstić information content (AvgIpc) is 1.97. The third kappa shape index (κ3) is 2.10. The first-order valence-electron chi connectivity index (χ1n) is 2.70. The fraction of sp³-hybridized carbons (Fsp3) is 0.167. The first kappa shape index (κ1) is 9.35. The molecule has 2 nitrogen and oxygen atoms in total. The Morgan fingerprint density at radius 1 is 1.55 bits per heavy atom. The summed E-state index contributed by atoms with van der Waals surface area (Å²) in [6.07, 6.45) is 0. The number of pyridine rings is 1. The van der Waals surface area contributed by atoms with Crippen LogP contribution in [0.1, 0.15) is 0 Å². The molecule has 0 spiro atoms. The number of ether oxygens (including phenoxy) is 1. The summed E-state index contributed by atoms with van der Waals surface area (Å²) in [6.45, 7) is 0. The number of hydrogen-bond acceptors (Lipinski definition) is 2. The predicted octanol–water partition coefficient (Wildman–Crippen LogP) is 3.00. The third-order valence-electron chi connectivity index (χ3n) is 1.05. The highest BCUT2D eigenvalue weighted by molar-refractivity contribution is 14.1. The van der Waals surface area contributed by atoms with Crippen LogP contribution in [0.2, 0.25) is 10.2 Å². The number of hydrogen-bond donors (Lipinski definition) is 0. The van der Waals surface area contributed by atoms with E-state index in [9.17, 15) is 0 Å². The Hall–Kier alpha value is 0.260. The quantitative estimate of drug-likeness (QED) is 0.588. The number of halogens is 3. The van der Waals surface area contributed by atoms with Gasteiger partial charge in [0, 0.05) is 0 Å². The zero-order valence-electron chi connectivity index (χ0n) is 5.57. The second-order valence-electron chi connectivity index (χ2n) is 1.75. The summed E-state index contributed by atoms with van der Waals surface area (Å²) in [5.74, 6) is 0.500. The highest BCUT2D eigenvalue weighted by Gasteiger charge is 2.06. The van der Waals surface area contributed by atoms with E-state index in [2.05, 4.69) is 27.6 Å². The fourth-order valence-electron chi connectivity index (χ4n) is 0.572. The minimum atomic E-state index is 0.268. The molecule has 1 aromatic rings. The van der Waals surface area contributed by atoms with Crippen molar-refractivity contribution >= 4 is 45.8 Å². The van der Waals surface area contributed by atoms with E-state index in [0.717, 1.165) is 3.57 Å². The number of aromatic nitrogens is 1. The molecule has 0 amide bonds. The van der Waals surface area contributed by atoms with E-state index in [0.29, 0.717) is 10.9 Å². The molecule has 0 radical (unpaired) electrons. The average molecular weight is 304 g/mol. The summed E-state index contributed by atoms with van der Waals surface area (Å²) in [6, 6.07) is 1.70. The van der Waals surface area contributed by atoms with Gasteiger partial charge in [0.05, 0.1) is 15.7 Å². The topological polar surface area (TPSA) is 22.1 Å². The maximum Gasteiger partial charge on any atom is 0.228 e. The largest absolute Gasteiger partial charge is 0.480 e. The Bertz CT molecular complexity index is 280. The summed E-state index contributed by atoms with van der Waals surface area (Å²) < 4.78 is 5.77. The molecule has 0 bridgehead atoms. The lowest BCUT2D eigenvalue weighted by Crippen LogP contribution is -1.91. The Morgan fingerprint density at radius 3 is 2.73 bits per heavy atom. The molecule has 5 heteroatoms. The predicted molar refractivity (Wildman–Crippen MR) is 53.5 cm³/mol. The second kappa shape index (κ2) is 3.78. The van der Waals surface area contributed by atoms with Crippen LogP contribution in [0.5, 0.6) is 5.88 Å². The van der Waals surface area contributed by atoms with Crippen molar-refractivity contribution in [2.45, 2.75) is 0 Å². The minimum absolute atomic E-state index is 0.268. The summed E-state index contributed by atoms with van der Waals surface area (Å²) >= 11 is 13.4. The van der Waals surface area contributed by atoms with Crippen LogP contribution >= 0.6 is 45.8 Å². The molecule has 0 fully saturated rings. The Kier molecular flexibility index (Phi) is 3.21. The normalized spacial score (nSPS) is 9.82. The summed E-state index contributed by atoms with van der Waals surface area (Å²) in [4.78, 5) is 3.89. The van der Waals surface area contributed by atoms with Crippen LogP contribution in [0.15, 0.2) is 6.07 Å². The van der Waals surface area contributed by atoms with Gasteiger partial charge >= 0.3 is 0 Å². The van der Waals surface area contributed by atoms with Crippen molar-refractivity contribution in [2.75, 3.05) is 7.11 Å². The summed E-state index contributed by atoms with van der Waals surface area (Å²) in [7, 11) is 1.54. The van der Waals surface area contributed by atoms with E-state index >= 15 is 0 Å². The highest BCUT2D eigenvalue weighted by atomic mass is 127. The summed E-state index contributed by atoms with van der Waals surface area (Å²) in [5.41, 5.74) is 0. The Labute approximate surface area is 88.0 Å². The van der Waals surface area contributed by atoms with Crippen LogP contribution in [-0.2, 0) is 0 Å². The van der Waals surface area contributed by atoms with Crippen molar-refractivity contribution in [1.82, 2.24) is 4.98 Å². The molecule has 1 aromatic heterocycles. The van der Waals surface area contributed by atoms with Gasteiger partial charge in [-0.2, -0.15) is 4.98 Å². The van der Waals surface area contributed by atoms with Crippen LogP contribution in [-0.4, -0.2) is 12.1 Å². The Balaban J connectivity index is 3.21. The zero-order valence-corrected chi connectivity index (χ0v) is 9.24. The molecule has 0 atom stereocenters. The van der Waals surface area contributed by atoms with Gasteiger partial charge < -0.3 is 4.74 Å². The molecule has 0 aliphatic carbocycles. The van der Waals surface area contributed by atoms with Gasteiger partial charge in [0.2, 0.25) is 5.88 Å². The molecule has 1 heterocycles. The molecule has 11 heavy (non-hydrogen) atoms. The molecule has 0 aliphatic heterocycles. The van der Waals surface area contributed by atoms with Gasteiger partial charge in [-0.15, -0.1) is 0 Å². The van der Waals surface area contributed by atoms with Crippen LogP contribution in [0.3, 0.4) is 0 Å². The number of nitrogens with zero attached hydrogens (tertiary/aromatic N) is 1. The van der Waals surface area contributed by atoms with Crippen LogP contribution in [0.4, 0.5) is 0 Å². The molecule has 0 aromatic carbocycles. The molecule has 0 unspecified atom stereocenters. The number of methoxy groups -OCH3 is 1. The SMILES string of the molecule is COc1nc(Cl)c(Cl)cc1I. The molecule has 0 aliphatic rings. The zero-order chi connectivity index (χ0) is 8.43.